The number of benzene rings is 1. The molecular weight excluding hydrogens is 406 g/mol. The lowest BCUT2D eigenvalue weighted by Crippen LogP contribution is -2.49. The molecule has 0 unspecified atom stereocenters. The molecule has 0 atom stereocenters. The van der Waals surface area contributed by atoms with Gasteiger partial charge in [0, 0.05) is 49.6 Å². The normalized spacial score (nSPS) is 14.1. The molecule has 4 aromatic rings. The summed E-state index contributed by atoms with van der Waals surface area (Å²) < 4.78 is 7.20. The zero-order valence-corrected chi connectivity index (χ0v) is 18.0. The first-order chi connectivity index (χ1) is 15.6. The van der Waals surface area contributed by atoms with E-state index in [0.717, 1.165) is 28.6 Å². The maximum absolute atomic E-state index is 12.9. The van der Waals surface area contributed by atoms with E-state index in [2.05, 4.69) is 25.1 Å². The molecule has 1 aliphatic rings. The van der Waals surface area contributed by atoms with Crippen molar-refractivity contribution in [2.45, 2.75) is 13.8 Å². The highest BCUT2D eigenvalue weighted by molar-refractivity contribution is 5.93. The summed E-state index contributed by atoms with van der Waals surface area (Å²) in [7, 11) is 0. The lowest BCUT2D eigenvalue weighted by molar-refractivity contribution is 0.0736. The Morgan fingerprint density at radius 1 is 0.938 bits per heavy atom. The van der Waals surface area contributed by atoms with Crippen LogP contribution in [0.1, 0.15) is 21.9 Å². The summed E-state index contributed by atoms with van der Waals surface area (Å²) in [6, 6.07) is 15.3. The van der Waals surface area contributed by atoms with Crippen LogP contribution in [0.4, 0.5) is 5.82 Å². The van der Waals surface area contributed by atoms with Crippen molar-refractivity contribution >= 4 is 11.7 Å². The number of hydrogen-bond acceptors (Lipinski definition) is 7. The van der Waals surface area contributed by atoms with Crippen molar-refractivity contribution in [3.63, 3.8) is 0 Å². The molecule has 32 heavy (non-hydrogen) atoms. The molecule has 1 aromatic carbocycles. The zero-order chi connectivity index (χ0) is 22.1. The quantitative estimate of drug-likeness (QED) is 0.492. The standard InChI is InChI=1S/C23H23N7O2/c1-16-12-17(2)30(26-16)22-14-21(24-15-25-22)28-8-10-29(11-9-28)23(31)19-13-20(32-27-19)18-6-4-3-5-7-18/h3-7,12-15H,8-11H2,1-2H3. The van der Waals surface area contributed by atoms with Gasteiger partial charge in [0.25, 0.3) is 5.91 Å². The van der Waals surface area contributed by atoms with Gasteiger partial charge in [-0.05, 0) is 19.9 Å². The van der Waals surface area contributed by atoms with Crippen LogP contribution in [0, 0.1) is 13.8 Å². The Labute approximate surface area is 185 Å². The van der Waals surface area contributed by atoms with Gasteiger partial charge in [-0.15, -0.1) is 0 Å². The van der Waals surface area contributed by atoms with Crippen LogP contribution in [0.15, 0.2) is 59.4 Å². The Morgan fingerprint density at radius 2 is 1.69 bits per heavy atom. The van der Waals surface area contributed by atoms with Gasteiger partial charge in [-0.2, -0.15) is 5.10 Å². The van der Waals surface area contributed by atoms with Gasteiger partial charge in [0.2, 0.25) is 0 Å². The predicted octanol–water partition coefficient (Wildman–Crippen LogP) is 2.90. The van der Waals surface area contributed by atoms with Gasteiger partial charge in [0.05, 0.1) is 5.69 Å². The summed E-state index contributed by atoms with van der Waals surface area (Å²) in [4.78, 5) is 25.7. The fourth-order valence-electron chi connectivity index (χ4n) is 3.90. The van der Waals surface area contributed by atoms with Gasteiger partial charge in [-0.1, -0.05) is 35.5 Å². The highest BCUT2D eigenvalue weighted by atomic mass is 16.5. The fraction of sp³-hybridized carbons (Fsp3) is 0.261. The summed E-state index contributed by atoms with van der Waals surface area (Å²) >= 11 is 0. The average Bonchev–Trinajstić information content (AvgIpc) is 3.46. The summed E-state index contributed by atoms with van der Waals surface area (Å²) in [5.41, 5.74) is 3.18. The minimum absolute atomic E-state index is 0.124. The lowest BCUT2D eigenvalue weighted by Gasteiger charge is -2.35. The van der Waals surface area contributed by atoms with E-state index < -0.39 is 0 Å². The van der Waals surface area contributed by atoms with E-state index >= 15 is 0 Å². The Bertz CT molecular complexity index is 1240. The van der Waals surface area contributed by atoms with Crippen LogP contribution in [-0.2, 0) is 0 Å². The fourth-order valence-corrected chi connectivity index (χ4v) is 3.90. The Morgan fingerprint density at radius 3 is 2.41 bits per heavy atom. The van der Waals surface area contributed by atoms with Crippen molar-refractivity contribution in [3.05, 3.63) is 71.9 Å². The molecule has 162 valence electrons. The molecule has 0 N–H and O–H groups in total. The molecule has 9 nitrogen and oxygen atoms in total. The van der Waals surface area contributed by atoms with Gasteiger partial charge in [-0.3, -0.25) is 4.79 Å². The first kappa shape index (κ1) is 19.9. The molecule has 4 heterocycles. The van der Waals surface area contributed by atoms with Crippen LogP contribution in [0.3, 0.4) is 0 Å². The maximum Gasteiger partial charge on any atom is 0.276 e. The van der Waals surface area contributed by atoms with E-state index in [0.29, 0.717) is 37.6 Å². The SMILES string of the molecule is Cc1cc(C)n(-c2cc(N3CCN(C(=O)c4cc(-c5ccccc5)on4)CC3)ncn2)n1. The van der Waals surface area contributed by atoms with Crippen LogP contribution in [-0.4, -0.2) is 61.9 Å². The van der Waals surface area contributed by atoms with Crippen LogP contribution in [0.25, 0.3) is 17.1 Å². The topological polar surface area (TPSA) is 93.2 Å². The number of amides is 1. The summed E-state index contributed by atoms with van der Waals surface area (Å²) in [6.45, 7) is 6.45. The second-order valence-corrected chi connectivity index (χ2v) is 7.79. The van der Waals surface area contributed by atoms with E-state index in [1.54, 1.807) is 17.3 Å². The van der Waals surface area contributed by atoms with Crippen LogP contribution in [0.5, 0.6) is 0 Å². The average molecular weight is 429 g/mol. The first-order valence-electron chi connectivity index (χ1n) is 10.5. The monoisotopic (exact) mass is 429 g/mol. The van der Waals surface area contributed by atoms with Crippen molar-refractivity contribution in [2.24, 2.45) is 0 Å². The molecule has 0 spiro atoms. The Hall–Kier alpha value is -4.01. The summed E-state index contributed by atoms with van der Waals surface area (Å²) in [5.74, 6) is 2.02. The van der Waals surface area contributed by atoms with Crippen molar-refractivity contribution in [1.82, 2.24) is 29.8 Å². The highest BCUT2D eigenvalue weighted by Crippen LogP contribution is 2.22. The summed E-state index contributed by atoms with van der Waals surface area (Å²) in [5, 5.41) is 8.49. The van der Waals surface area contributed by atoms with Crippen LogP contribution in [0.2, 0.25) is 0 Å². The highest BCUT2D eigenvalue weighted by Gasteiger charge is 2.25. The number of hydrogen-bond donors (Lipinski definition) is 0. The number of nitrogens with zero attached hydrogens (tertiary/aromatic N) is 7. The third-order valence-electron chi connectivity index (χ3n) is 5.54. The van der Waals surface area contributed by atoms with E-state index in [4.69, 9.17) is 4.52 Å². The van der Waals surface area contributed by atoms with Crippen molar-refractivity contribution < 1.29 is 9.32 Å². The predicted molar refractivity (Wildman–Crippen MR) is 119 cm³/mol. The smallest absolute Gasteiger partial charge is 0.276 e. The maximum atomic E-state index is 12.9. The minimum Gasteiger partial charge on any atom is -0.355 e. The number of piperazine rings is 1. The molecule has 1 aliphatic heterocycles. The minimum atomic E-state index is -0.124. The van der Waals surface area contributed by atoms with E-state index in [9.17, 15) is 4.79 Å². The largest absolute Gasteiger partial charge is 0.355 e. The van der Waals surface area contributed by atoms with Crippen LogP contribution >= 0.6 is 0 Å². The van der Waals surface area contributed by atoms with Crippen molar-refractivity contribution in [3.8, 4) is 17.1 Å². The van der Waals surface area contributed by atoms with Gasteiger partial charge < -0.3 is 14.3 Å². The number of carbonyl (C=O) groups excluding carboxylic acids is 1. The van der Waals surface area contributed by atoms with Crippen LogP contribution < -0.4 is 4.90 Å². The molecule has 1 saturated heterocycles. The first-order valence-corrected chi connectivity index (χ1v) is 10.5. The van der Waals surface area contributed by atoms with Crippen molar-refractivity contribution in [1.29, 1.82) is 0 Å². The van der Waals surface area contributed by atoms with Gasteiger partial charge in [0.1, 0.15) is 12.1 Å². The Balaban J connectivity index is 1.26. The molecule has 0 saturated carbocycles. The molecule has 0 aliphatic carbocycles. The number of aryl methyl sites for hydroxylation is 2. The van der Waals surface area contributed by atoms with Gasteiger partial charge in [-0.25, -0.2) is 14.6 Å². The third kappa shape index (κ3) is 3.84. The second-order valence-electron chi connectivity index (χ2n) is 7.79. The number of anilines is 1. The third-order valence-corrected chi connectivity index (χ3v) is 5.54. The van der Waals surface area contributed by atoms with Gasteiger partial charge in [0.15, 0.2) is 17.3 Å². The molecular formula is C23H23N7O2. The van der Waals surface area contributed by atoms with Crippen molar-refractivity contribution in [2.75, 3.05) is 31.1 Å². The number of aromatic nitrogens is 5. The van der Waals surface area contributed by atoms with Gasteiger partial charge >= 0.3 is 0 Å². The molecule has 3 aromatic heterocycles. The van der Waals surface area contributed by atoms with E-state index in [1.807, 2.05) is 61.0 Å². The Kier molecular flexibility index (Phi) is 5.14. The zero-order valence-electron chi connectivity index (χ0n) is 18.0. The summed E-state index contributed by atoms with van der Waals surface area (Å²) in [6.07, 6.45) is 1.55. The number of carbonyl (C=O) groups is 1. The molecule has 1 amide bonds. The molecule has 0 radical (unpaired) electrons. The molecule has 0 bridgehead atoms. The second kappa shape index (κ2) is 8.26. The molecule has 1 fully saturated rings. The number of rotatable bonds is 4. The van der Waals surface area contributed by atoms with E-state index in [1.165, 1.54) is 0 Å². The lowest BCUT2D eigenvalue weighted by atomic mass is 10.1. The molecule has 5 rings (SSSR count). The van der Waals surface area contributed by atoms with E-state index in [-0.39, 0.29) is 5.91 Å². The molecule has 9 heteroatoms.